The van der Waals surface area contributed by atoms with Gasteiger partial charge in [0.1, 0.15) is 17.8 Å². The van der Waals surface area contributed by atoms with Crippen molar-refractivity contribution in [3.05, 3.63) is 41.3 Å². The molecule has 0 aliphatic carbocycles. The van der Waals surface area contributed by atoms with Gasteiger partial charge in [0, 0.05) is 28.8 Å². The lowest BCUT2D eigenvalue weighted by Gasteiger charge is -2.09. The van der Waals surface area contributed by atoms with Crippen molar-refractivity contribution in [1.29, 1.82) is 5.41 Å². The molecule has 2 aromatic heterocycles. The Balaban J connectivity index is 2.07. The molecule has 6 nitrogen and oxygen atoms in total. The molecule has 0 aliphatic rings. The first-order chi connectivity index (χ1) is 10.6. The Labute approximate surface area is 128 Å². The molecule has 0 unspecified atom stereocenters. The largest absolute Gasteiger partial charge is 0.398 e. The lowest BCUT2D eigenvalue weighted by Crippen LogP contribution is -1.98. The summed E-state index contributed by atoms with van der Waals surface area (Å²) in [7, 11) is 0. The molecule has 0 amide bonds. The standard InChI is InChI=1S/C16H18N6/c1-3-13-9(2)14-15(19-8-20-16(14)22-13)21-11-4-5-12(18)10(6-11)7-17/h4-8,17H,3,18H2,1-2H3,(H2,19,20,21,22). The maximum absolute atomic E-state index is 7.39. The number of benzene rings is 1. The van der Waals surface area contributed by atoms with Gasteiger partial charge in [0.25, 0.3) is 0 Å². The minimum atomic E-state index is 0.583. The van der Waals surface area contributed by atoms with Crippen LogP contribution >= 0.6 is 0 Å². The van der Waals surface area contributed by atoms with Crippen LogP contribution in [-0.4, -0.2) is 21.2 Å². The lowest BCUT2D eigenvalue weighted by atomic mass is 10.1. The second-order valence-corrected chi connectivity index (χ2v) is 5.14. The number of hydrogen-bond donors (Lipinski definition) is 4. The number of nitrogens with one attached hydrogen (secondary N) is 3. The molecule has 0 spiro atoms. The maximum Gasteiger partial charge on any atom is 0.143 e. The molecule has 2 heterocycles. The normalized spacial score (nSPS) is 10.8. The van der Waals surface area contributed by atoms with Crippen LogP contribution in [0.2, 0.25) is 0 Å². The van der Waals surface area contributed by atoms with Crippen LogP contribution in [-0.2, 0) is 6.42 Å². The van der Waals surface area contributed by atoms with Gasteiger partial charge in [-0.2, -0.15) is 0 Å². The smallest absolute Gasteiger partial charge is 0.143 e. The summed E-state index contributed by atoms with van der Waals surface area (Å²) < 4.78 is 0. The zero-order chi connectivity index (χ0) is 15.7. The molecule has 3 aromatic rings. The molecule has 0 bridgehead atoms. The second kappa shape index (κ2) is 5.48. The highest BCUT2D eigenvalue weighted by Crippen LogP contribution is 2.29. The molecule has 22 heavy (non-hydrogen) atoms. The topological polar surface area (TPSA) is 103 Å². The summed E-state index contributed by atoms with van der Waals surface area (Å²) in [6.45, 7) is 4.17. The van der Waals surface area contributed by atoms with Gasteiger partial charge in [-0.15, -0.1) is 0 Å². The van der Waals surface area contributed by atoms with Crippen LogP contribution < -0.4 is 11.1 Å². The van der Waals surface area contributed by atoms with Crippen LogP contribution in [0.15, 0.2) is 24.5 Å². The summed E-state index contributed by atoms with van der Waals surface area (Å²) in [5.74, 6) is 0.749. The molecule has 5 N–H and O–H groups in total. The van der Waals surface area contributed by atoms with Crippen molar-refractivity contribution in [3.63, 3.8) is 0 Å². The van der Waals surface area contributed by atoms with Crippen LogP contribution in [0.1, 0.15) is 23.7 Å². The minimum Gasteiger partial charge on any atom is -0.398 e. The number of nitrogens with zero attached hydrogens (tertiary/aromatic N) is 2. The van der Waals surface area contributed by atoms with Gasteiger partial charge >= 0.3 is 0 Å². The Morgan fingerprint density at radius 3 is 2.91 bits per heavy atom. The van der Waals surface area contributed by atoms with Gasteiger partial charge in [-0.3, -0.25) is 0 Å². The van der Waals surface area contributed by atoms with E-state index in [0.29, 0.717) is 11.3 Å². The molecule has 6 heteroatoms. The Bertz CT molecular complexity index is 849. The number of aromatic amines is 1. The molecule has 0 atom stereocenters. The third-order valence-corrected chi connectivity index (χ3v) is 3.80. The van der Waals surface area contributed by atoms with Crippen molar-refractivity contribution in [2.24, 2.45) is 0 Å². The van der Waals surface area contributed by atoms with Gasteiger partial charge in [0.2, 0.25) is 0 Å². The number of hydrogen-bond acceptors (Lipinski definition) is 5. The van der Waals surface area contributed by atoms with Crippen molar-refractivity contribution in [3.8, 4) is 0 Å². The van der Waals surface area contributed by atoms with Crippen LogP contribution in [0.3, 0.4) is 0 Å². The first kappa shape index (κ1) is 14.1. The number of fused-ring (bicyclic) bond motifs is 1. The van der Waals surface area contributed by atoms with Crippen molar-refractivity contribution in [1.82, 2.24) is 15.0 Å². The van der Waals surface area contributed by atoms with Crippen LogP contribution in [0, 0.1) is 12.3 Å². The van der Waals surface area contributed by atoms with E-state index >= 15 is 0 Å². The van der Waals surface area contributed by atoms with E-state index in [-0.39, 0.29) is 0 Å². The fraction of sp³-hybridized carbons (Fsp3) is 0.188. The lowest BCUT2D eigenvalue weighted by molar-refractivity contribution is 1.05. The Morgan fingerprint density at radius 2 is 2.18 bits per heavy atom. The zero-order valence-electron chi connectivity index (χ0n) is 12.6. The molecule has 1 aromatic carbocycles. The van der Waals surface area contributed by atoms with Crippen LogP contribution in [0.25, 0.3) is 11.0 Å². The summed E-state index contributed by atoms with van der Waals surface area (Å²) in [5, 5.41) is 11.7. The average Bonchev–Trinajstić information content (AvgIpc) is 2.86. The molecule has 0 radical (unpaired) electrons. The van der Waals surface area contributed by atoms with Crippen molar-refractivity contribution in [2.45, 2.75) is 20.3 Å². The van der Waals surface area contributed by atoms with E-state index < -0.39 is 0 Å². The predicted octanol–water partition coefficient (Wildman–Crippen LogP) is 3.15. The van der Waals surface area contributed by atoms with E-state index in [1.807, 2.05) is 12.1 Å². The second-order valence-electron chi connectivity index (χ2n) is 5.14. The Hall–Kier alpha value is -2.89. The molecule has 0 fully saturated rings. The fourth-order valence-corrected chi connectivity index (χ4v) is 2.59. The summed E-state index contributed by atoms with van der Waals surface area (Å²) in [4.78, 5) is 12.0. The van der Waals surface area contributed by atoms with Gasteiger partial charge < -0.3 is 21.4 Å². The molecule has 0 aliphatic heterocycles. The van der Waals surface area contributed by atoms with E-state index in [4.69, 9.17) is 11.1 Å². The number of aryl methyl sites for hydroxylation is 2. The van der Waals surface area contributed by atoms with Crippen molar-refractivity contribution in [2.75, 3.05) is 11.1 Å². The molecular formula is C16H18N6. The average molecular weight is 294 g/mol. The van der Waals surface area contributed by atoms with E-state index in [2.05, 4.69) is 34.1 Å². The van der Waals surface area contributed by atoms with Crippen molar-refractivity contribution >= 4 is 34.4 Å². The number of anilines is 3. The third kappa shape index (κ3) is 2.28. The first-order valence-electron chi connectivity index (χ1n) is 7.13. The summed E-state index contributed by atoms with van der Waals surface area (Å²) >= 11 is 0. The van der Waals surface area contributed by atoms with Gasteiger partial charge in [-0.25, -0.2) is 9.97 Å². The van der Waals surface area contributed by atoms with Gasteiger partial charge in [-0.05, 0) is 37.1 Å². The number of rotatable bonds is 4. The highest BCUT2D eigenvalue weighted by Gasteiger charge is 2.13. The fourth-order valence-electron chi connectivity index (χ4n) is 2.59. The third-order valence-electron chi connectivity index (χ3n) is 3.80. The SMILES string of the molecule is CCc1[nH]c2ncnc(Nc3ccc(N)c(C=N)c3)c2c1C. The van der Waals surface area contributed by atoms with Crippen LogP contribution in [0.4, 0.5) is 17.2 Å². The number of H-pyrrole nitrogens is 1. The molecular weight excluding hydrogens is 276 g/mol. The number of nitrogens with two attached hydrogens (primary N) is 1. The molecule has 0 saturated heterocycles. The van der Waals surface area contributed by atoms with Crippen LogP contribution in [0.5, 0.6) is 0 Å². The summed E-state index contributed by atoms with van der Waals surface area (Å²) in [6.07, 6.45) is 3.70. The number of nitrogen functional groups attached to an aromatic ring is 1. The number of aromatic nitrogens is 3. The molecule has 3 rings (SSSR count). The highest BCUT2D eigenvalue weighted by atomic mass is 15.0. The Morgan fingerprint density at radius 1 is 1.36 bits per heavy atom. The minimum absolute atomic E-state index is 0.583. The summed E-state index contributed by atoms with van der Waals surface area (Å²) in [5.41, 5.74) is 11.1. The van der Waals surface area contributed by atoms with E-state index in [0.717, 1.165) is 40.2 Å². The zero-order valence-corrected chi connectivity index (χ0v) is 12.6. The van der Waals surface area contributed by atoms with Gasteiger partial charge in [-0.1, -0.05) is 6.92 Å². The van der Waals surface area contributed by atoms with E-state index in [1.165, 1.54) is 12.5 Å². The molecule has 0 saturated carbocycles. The van der Waals surface area contributed by atoms with Gasteiger partial charge in [0.15, 0.2) is 0 Å². The Kier molecular flexibility index (Phi) is 3.50. The maximum atomic E-state index is 7.39. The highest BCUT2D eigenvalue weighted by molar-refractivity contribution is 5.94. The summed E-state index contributed by atoms with van der Waals surface area (Å²) in [6, 6.07) is 5.49. The van der Waals surface area contributed by atoms with Gasteiger partial charge in [0.05, 0.1) is 5.39 Å². The monoisotopic (exact) mass is 294 g/mol. The van der Waals surface area contributed by atoms with E-state index in [1.54, 1.807) is 6.07 Å². The first-order valence-corrected chi connectivity index (χ1v) is 7.13. The van der Waals surface area contributed by atoms with E-state index in [9.17, 15) is 0 Å². The van der Waals surface area contributed by atoms with Crippen molar-refractivity contribution < 1.29 is 0 Å². The quantitative estimate of drug-likeness (QED) is 0.438. The predicted molar refractivity (Wildman–Crippen MR) is 90.0 cm³/mol. The molecule has 112 valence electrons.